The number of thiophene rings is 1. The predicted octanol–water partition coefficient (Wildman–Crippen LogP) is 3.80. The van der Waals surface area contributed by atoms with E-state index in [1.165, 1.54) is 18.4 Å². The van der Waals surface area contributed by atoms with Gasteiger partial charge >= 0.3 is 5.97 Å². The smallest absolute Gasteiger partial charge is 0.350 e. The largest absolute Gasteiger partial charge is 0.465 e. The molecule has 172 valence electrons. The van der Waals surface area contributed by atoms with Crippen LogP contribution in [0, 0.1) is 20.8 Å². The highest BCUT2D eigenvalue weighted by Crippen LogP contribution is 2.28. The third-order valence-corrected chi connectivity index (χ3v) is 7.00. The van der Waals surface area contributed by atoms with E-state index in [0.717, 1.165) is 48.4 Å². The van der Waals surface area contributed by atoms with Crippen molar-refractivity contribution in [1.29, 1.82) is 0 Å². The van der Waals surface area contributed by atoms with Crippen LogP contribution >= 0.6 is 23.6 Å². The number of para-hydroxylation sites is 1. The van der Waals surface area contributed by atoms with Gasteiger partial charge in [-0.2, -0.15) is 0 Å². The number of esters is 1. The van der Waals surface area contributed by atoms with Gasteiger partial charge in [0, 0.05) is 31.9 Å². The van der Waals surface area contributed by atoms with Gasteiger partial charge in [0.1, 0.15) is 4.88 Å². The Morgan fingerprint density at radius 3 is 2.44 bits per heavy atom. The van der Waals surface area contributed by atoms with Gasteiger partial charge in [0.2, 0.25) is 5.91 Å². The van der Waals surface area contributed by atoms with Gasteiger partial charge in [0.05, 0.1) is 19.3 Å². The van der Waals surface area contributed by atoms with Crippen molar-refractivity contribution in [3.63, 3.8) is 0 Å². The summed E-state index contributed by atoms with van der Waals surface area (Å²) in [6.45, 7) is 9.34. The fourth-order valence-corrected chi connectivity index (χ4v) is 4.96. The molecule has 1 aliphatic rings. The van der Waals surface area contributed by atoms with Crippen molar-refractivity contribution in [3.8, 4) is 0 Å². The normalized spacial score (nSPS) is 14.6. The second kappa shape index (κ2) is 10.9. The van der Waals surface area contributed by atoms with Gasteiger partial charge in [-0.1, -0.05) is 18.2 Å². The molecule has 0 aliphatic carbocycles. The molecule has 0 saturated carbocycles. The van der Waals surface area contributed by atoms with Crippen LogP contribution in [0.2, 0.25) is 0 Å². The van der Waals surface area contributed by atoms with Crippen molar-refractivity contribution >= 4 is 51.9 Å². The molecule has 1 aromatic carbocycles. The third-order valence-electron chi connectivity index (χ3n) is 5.57. The number of anilines is 2. The minimum Gasteiger partial charge on any atom is -0.465 e. The third kappa shape index (κ3) is 5.85. The molecule has 7 nitrogen and oxygen atoms in total. The first-order chi connectivity index (χ1) is 15.3. The maximum atomic E-state index is 12.6. The quantitative estimate of drug-likeness (QED) is 0.504. The van der Waals surface area contributed by atoms with E-state index in [-0.39, 0.29) is 11.9 Å². The molecular weight excluding hydrogens is 444 g/mol. The van der Waals surface area contributed by atoms with Crippen molar-refractivity contribution in [2.75, 3.05) is 50.5 Å². The van der Waals surface area contributed by atoms with Gasteiger partial charge in [0.15, 0.2) is 5.11 Å². The molecule has 2 heterocycles. The molecule has 1 aromatic heterocycles. The first-order valence-corrected chi connectivity index (χ1v) is 11.9. The Labute approximate surface area is 198 Å². The fourth-order valence-electron chi connectivity index (χ4n) is 3.75. The number of ether oxygens (including phenoxy) is 1. The Kier molecular flexibility index (Phi) is 8.22. The average Bonchev–Trinajstić information content (AvgIpc) is 2.96. The molecule has 0 spiro atoms. The second-order valence-corrected chi connectivity index (χ2v) is 9.24. The number of amides is 1. The summed E-state index contributed by atoms with van der Waals surface area (Å²) in [5.41, 5.74) is 4.68. The molecule has 1 fully saturated rings. The number of methoxy groups -OCH3 is 1. The number of nitrogens with one attached hydrogen (secondary N) is 2. The van der Waals surface area contributed by atoms with Crippen LogP contribution in [0.5, 0.6) is 0 Å². The predicted molar refractivity (Wildman–Crippen MR) is 134 cm³/mol. The molecule has 9 heteroatoms. The number of aryl methyl sites for hydroxylation is 3. The molecule has 0 radical (unpaired) electrons. The van der Waals surface area contributed by atoms with Gasteiger partial charge in [-0.05, 0) is 61.5 Å². The average molecular weight is 475 g/mol. The molecule has 0 atom stereocenters. The van der Waals surface area contributed by atoms with Crippen LogP contribution in [0.4, 0.5) is 11.4 Å². The first-order valence-electron chi connectivity index (χ1n) is 10.6. The lowest BCUT2D eigenvalue weighted by Gasteiger charge is -2.25. The number of thiocarbonyl (C=S) groups is 1. The summed E-state index contributed by atoms with van der Waals surface area (Å²) in [6.07, 6.45) is 0.894. The maximum Gasteiger partial charge on any atom is 0.350 e. The van der Waals surface area contributed by atoms with Crippen LogP contribution in [0.3, 0.4) is 0 Å². The van der Waals surface area contributed by atoms with E-state index >= 15 is 0 Å². The number of benzene rings is 1. The standard InChI is InChI=1S/C23H30N4O3S2/c1-15-7-5-8-16(2)19(15)24-18(28)13-26-9-6-10-27(12-11-26)23(31)25-20-17(3)14-32-21(20)22(29)30-4/h5,7-8,14H,6,9-13H2,1-4H3,(H,24,28)(H,25,31). The second-order valence-electron chi connectivity index (χ2n) is 7.98. The maximum absolute atomic E-state index is 12.6. The highest BCUT2D eigenvalue weighted by Gasteiger charge is 2.22. The van der Waals surface area contributed by atoms with Crippen LogP contribution < -0.4 is 10.6 Å². The monoisotopic (exact) mass is 474 g/mol. The molecule has 3 rings (SSSR count). The molecule has 2 aromatic rings. The van der Waals surface area contributed by atoms with E-state index in [4.69, 9.17) is 17.0 Å². The lowest BCUT2D eigenvalue weighted by Crippen LogP contribution is -2.39. The molecule has 1 saturated heterocycles. The zero-order chi connectivity index (χ0) is 23.3. The number of rotatable bonds is 5. The minimum absolute atomic E-state index is 0.00632. The van der Waals surface area contributed by atoms with Crippen molar-refractivity contribution in [3.05, 3.63) is 45.1 Å². The highest BCUT2D eigenvalue weighted by molar-refractivity contribution is 7.80. The summed E-state index contributed by atoms with van der Waals surface area (Å²) in [7, 11) is 1.37. The lowest BCUT2D eigenvalue weighted by molar-refractivity contribution is -0.117. The molecule has 0 unspecified atom stereocenters. The zero-order valence-electron chi connectivity index (χ0n) is 19.0. The van der Waals surface area contributed by atoms with E-state index in [1.807, 2.05) is 44.4 Å². The molecule has 1 aliphatic heterocycles. The zero-order valence-corrected chi connectivity index (χ0v) is 20.6. The molecule has 1 amide bonds. The lowest BCUT2D eigenvalue weighted by atomic mass is 10.1. The Balaban J connectivity index is 1.56. The van der Waals surface area contributed by atoms with E-state index in [1.54, 1.807) is 0 Å². The topological polar surface area (TPSA) is 73.9 Å². The number of carbonyl (C=O) groups excluding carboxylic acids is 2. The highest BCUT2D eigenvalue weighted by atomic mass is 32.1. The van der Waals surface area contributed by atoms with Crippen molar-refractivity contribution in [1.82, 2.24) is 9.80 Å². The summed E-state index contributed by atoms with van der Waals surface area (Å²) in [6, 6.07) is 5.99. The van der Waals surface area contributed by atoms with Crippen molar-refractivity contribution < 1.29 is 14.3 Å². The van der Waals surface area contributed by atoms with Crippen molar-refractivity contribution in [2.24, 2.45) is 0 Å². The molecule has 32 heavy (non-hydrogen) atoms. The fraction of sp³-hybridized carbons (Fsp3) is 0.435. The summed E-state index contributed by atoms with van der Waals surface area (Å²) in [5.74, 6) is -0.376. The van der Waals surface area contributed by atoms with E-state index in [0.29, 0.717) is 28.8 Å². The summed E-state index contributed by atoms with van der Waals surface area (Å²) in [4.78, 5) is 29.4. The molecular formula is C23H30N4O3S2. The van der Waals surface area contributed by atoms with E-state index in [9.17, 15) is 9.59 Å². The molecule has 0 bridgehead atoms. The van der Waals surface area contributed by atoms with Crippen LogP contribution in [-0.2, 0) is 9.53 Å². The van der Waals surface area contributed by atoms with Gasteiger partial charge in [-0.25, -0.2) is 4.79 Å². The Morgan fingerprint density at radius 2 is 1.75 bits per heavy atom. The Bertz CT molecular complexity index is 985. The summed E-state index contributed by atoms with van der Waals surface area (Å²) >= 11 is 6.98. The van der Waals surface area contributed by atoms with Crippen LogP contribution in [0.1, 0.15) is 32.8 Å². The number of hydrogen-bond donors (Lipinski definition) is 2. The number of hydrogen-bond acceptors (Lipinski definition) is 6. The van der Waals surface area contributed by atoms with Crippen LogP contribution in [0.25, 0.3) is 0 Å². The SMILES string of the molecule is COC(=O)c1scc(C)c1NC(=S)N1CCCN(CC(=O)Nc2c(C)cccc2C)CC1. The van der Waals surface area contributed by atoms with Gasteiger partial charge in [-0.15, -0.1) is 11.3 Å². The summed E-state index contributed by atoms with van der Waals surface area (Å²) in [5, 5.41) is 8.80. The van der Waals surface area contributed by atoms with E-state index in [2.05, 4.69) is 20.4 Å². The first kappa shape index (κ1) is 24.2. The summed E-state index contributed by atoms with van der Waals surface area (Å²) < 4.78 is 4.88. The van der Waals surface area contributed by atoms with Gasteiger partial charge in [-0.3, -0.25) is 9.69 Å². The minimum atomic E-state index is -0.370. The Hall–Kier alpha value is -2.49. The van der Waals surface area contributed by atoms with Crippen molar-refractivity contribution in [2.45, 2.75) is 27.2 Å². The number of nitrogens with zero attached hydrogens (tertiary/aromatic N) is 2. The van der Waals surface area contributed by atoms with Gasteiger partial charge in [0.25, 0.3) is 0 Å². The molecule has 2 N–H and O–H groups in total. The van der Waals surface area contributed by atoms with E-state index < -0.39 is 0 Å². The van der Waals surface area contributed by atoms with Crippen LogP contribution in [-0.4, -0.2) is 66.6 Å². The van der Waals surface area contributed by atoms with Crippen LogP contribution in [0.15, 0.2) is 23.6 Å². The number of carbonyl (C=O) groups is 2. The van der Waals surface area contributed by atoms with Gasteiger partial charge < -0.3 is 20.3 Å². The Morgan fingerprint density at radius 1 is 1.03 bits per heavy atom.